The molecule has 1 aliphatic rings. The topological polar surface area (TPSA) is 6.48 Å². The Morgan fingerprint density at radius 1 is 0.568 bits per heavy atom. The van der Waals surface area contributed by atoms with E-state index in [9.17, 15) is 0 Å². The van der Waals surface area contributed by atoms with E-state index in [2.05, 4.69) is 104 Å². The van der Waals surface area contributed by atoms with Crippen LogP contribution < -0.4 is 0 Å². The molecule has 0 bridgehead atoms. The van der Waals surface area contributed by atoms with Gasteiger partial charge in [-0.1, -0.05) is 146 Å². The lowest BCUT2D eigenvalue weighted by molar-refractivity contribution is -0.00373. The Bertz CT molecular complexity index is 861. The Morgan fingerprint density at radius 2 is 1.03 bits per heavy atom. The van der Waals surface area contributed by atoms with Crippen molar-refractivity contribution in [1.29, 1.82) is 0 Å². The maximum absolute atomic E-state index is 2.74. The van der Waals surface area contributed by atoms with E-state index in [4.69, 9.17) is 0 Å². The highest BCUT2D eigenvalue weighted by atomic mass is 15.4. The van der Waals surface area contributed by atoms with Crippen molar-refractivity contribution in [2.24, 2.45) is 0 Å². The Kier molecular flexibility index (Phi) is 13.2. The van der Waals surface area contributed by atoms with Crippen LogP contribution in [0.15, 0.2) is 73.1 Å². The number of hydrogen-bond acceptors (Lipinski definition) is 2. The monoisotopic (exact) mass is 502 g/mol. The van der Waals surface area contributed by atoms with Crippen LogP contribution in [0.5, 0.6) is 0 Å². The van der Waals surface area contributed by atoms with E-state index in [0.29, 0.717) is 5.92 Å². The summed E-state index contributed by atoms with van der Waals surface area (Å²) in [5.41, 5.74) is 2.87. The van der Waals surface area contributed by atoms with Crippen molar-refractivity contribution >= 4 is 0 Å². The van der Waals surface area contributed by atoms with Gasteiger partial charge in [-0.2, -0.15) is 0 Å². The van der Waals surface area contributed by atoms with Crippen molar-refractivity contribution in [3.05, 3.63) is 84.2 Å². The summed E-state index contributed by atoms with van der Waals surface area (Å²) in [7, 11) is 0. The minimum atomic E-state index is -0.0502. The third-order valence-electron chi connectivity index (χ3n) is 8.40. The number of nitrogens with zero attached hydrogens (tertiary/aromatic N) is 2. The van der Waals surface area contributed by atoms with Crippen LogP contribution in [-0.4, -0.2) is 28.6 Å². The zero-order chi connectivity index (χ0) is 26.2. The molecule has 0 N–H and O–H groups in total. The Morgan fingerprint density at radius 3 is 1.57 bits per heavy atom. The smallest absolute Gasteiger partial charge is 0.123 e. The first-order valence-corrected chi connectivity index (χ1v) is 15.6. The molecular formula is C35H54N2. The van der Waals surface area contributed by atoms with Crippen molar-refractivity contribution in [1.82, 2.24) is 9.80 Å². The first-order valence-electron chi connectivity index (χ1n) is 15.6. The lowest BCUT2D eigenvalue weighted by Gasteiger charge is -2.51. The molecule has 2 heteroatoms. The quantitative estimate of drug-likeness (QED) is 0.176. The van der Waals surface area contributed by atoms with Crippen molar-refractivity contribution in [3.63, 3.8) is 0 Å². The zero-order valence-electron chi connectivity index (χ0n) is 24.2. The summed E-state index contributed by atoms with van der Waals surface area (Å²) in [6.45, 7) is 9.29. The molecule has 0 saturated heterocycles. The second-order valence-electron chi connectivity index (χ2n) is 11.1. The molecule has 204 valence electrons. The van der Waals surface area contributed by atoms with Crippen LogP contribution in [-0.2, 0) is 6.42 Å². The van der Waals surface area contributed by atoms with E-state index < -0.39 is 0 Å². The van der Waals surface area contributed by atoms with Crippen LogP contribution in [0.4, 0.5) is 0 Å². The number of rotatable bonds is 19. The second kappa shape index (κ2) is 16.6. The summed E-state index contributed by atoms with van der Waals surface area (Å²) >= 11 is 0. The van der Waals surface area contributed by atoms with Crippen molar-refractivity contribution in [3.8, 4) is 0 Å². The van der Waals surface area contributed by atoms with Crippen molar-refractivity contribution in [2.45, 2.75) is 122 Å². The average Bonchev–Trinajstić information content (AvgIpc) is 3.26. The van der Waals surface area contributed by atoms with E-state index in [-0.39, 0.29) is 5.66 Å². The van der Waals surface area contributed by atoms with E-state index in [1.165, 1.54) is 88.2 Å². The van der Waals surface area contributed by atoms with Crippen LogP contribution >= 0.6 is 0 Å². The van der Waals surface area contributed by atoms with E-state index in [0.717, 1.165) is 25.9 Å². The molecule has 0 fully saturated rings. The lowest BCUT2D eigenvalue weighted by atomic mass is 9.78. The van der Waals surface area contributed by atoms with Crippen LogP contribution in [0.1, 0.15) is 121 Å². The Balaban J connectivity index is 1.80. The van der Waals surface area contributed by atoms with Gasteiger partial charge in [0.1, 0.15) is 5.66 Å². The van der Waals surface area contributed by atoms with E-state index in [1.807, 2.05) is 0 Å². The SMILES string of the molecule is CCCCCCCCCCCN1C=CN(CCCCC)C1(Cc1ccccc1)C(CC)c1ccccc1. The highest BCUT2D eigenvalue weighted by Gasteiger charge is 2.49. The van der Waals surface area contributed by atoms with Crippen molar-refractivity contribution in [2.75, 3.05) is 13.1 Å². The molecule has 2 nitrogen and oxygen atoms in total. The number of unbranched alkanes of at least 4 members (excludes halogenated alkanes) is 10. The molecule has 2 aromatic carbocycles. The molecular weight excluding hydrogens is 448 g/mol. The van der Waals surface area contributed by atoms with E-state index in [1.54, 1.807) is 0 Å². The summed E-state index contributed by atoms with van der Waals surface area (Å²) in [4.78, 5) is 5.47. The minimum absolute atomic E-state index is 0.0502. The largest absolute Gasteiger partial charge is 0.353 e. The second-order valence-corrected chi connectivity index (χ2v) is 11.1. The number of benzene rings is 2. The third kappa shape index (κ3) is 8.39. The molecule has 0 radical (unpaired) electrons. The summed E-state index contributed by atoms with van der Waals surface area (Å²) in [6.07, 6.45) is 23.3. The van der Waals surface area contributed by atoms with Gasteiger partial charge in [-0.05, 0) is 30.4 Å². The molecule has 2 aromatic rings. The van der Waals surface area contributed by atoms with E-state index >= 15 is 0 Å². The van der Waals surface area contributed by atoms with Gasteiger partial charge in [-0.3, -0.25) is 0 Å². The molecule has 0 spiro atoms. The van der Waals surface area contributed by atoms with Gasteiger partial charge < -0.3 is 9.80 Å². The van der Waals surface area contributed by atoms with Crippen LogP contribution in [0.2, 0.25) is 0 Å². The van der Waals surface area contributed by atoms with Gasteiger partial charge in [0.25, 0.3) is 0 Å². The predicted molar refractivity (Wildman–Crippen MR) is 162 cm³/mol. The van der Waals surface area contributed by atoms with Gasteiger partial charge in [0.05, 0.1) is 0 Å². The first-order chi connectivity index (χ1) is 18.3. The van der Waals surface area contributed by atoms with Gasteiger partial charge >= 0.3 is 0 Å². The highest BCUT2D eigenvalue weighted by molar-refractivity contribution is 5.30. The third-order valence-corrected chi connectivity index (χ3v) is 8.40. The van der Waals surface area contributed by atoms with Gasteiger partial charge in [0.15, 0.2) is 0 Å². The predicted octanol–water partition coefficient (Wildman–Crippen LogP) is 9.93. The summed E-state index contributed by atoms with van der Waals surface area (Å²) in [5.74, 6) is 0.448. The Labute approximate surface area is 229 Å². The maximum atomic E-state index is 2.74. The molecule has 2 atom stereocenters. The fourth-order valence-corrected chi connectivity index (χ4v) is 6.38. The van der Waals surface area contributed by atoms with Gasteiger partial charge in [0, 0.05) is 37.8 Å². The zero-order valence-corrected chi connectivity index (χ0v) is 24.2. The molecule has 1 heterocycles. The molecule has 0 amide bonds. The minimum Gasteiger partial charge on any atom is -0.353 e. The molecule has 0 saturated carbocycles. The number of hydrogen-bond donors (Lipinski definition) is 0. The highest BCUT2D eigenvalue weighted by Crippen LogP contribution is 2.45. The fraction of sp³-hybridized carbons (Fsp3) is 0.600. The summed E-state index contributed by atoms with van der Waals surface area (Å²) in [6, 6.07) is 22.6. The molecule has 2 unspecified atom stereocenters. The fourth-order valence-electron chi connectivity index (χ4n) is 6.38. The molecule has 3 rings (SSSR count). The lowest BCUT2D eigenvalue weighted by Crippen LogP contribution is -2.59. The summed E-state index contributed by atoms with van der Waals surface area (Å²) < 4.78 is 0. The molecule has 0 aliphatic carbocycles. The van der Waals surface area contributed by atoms with Gasteiger partial charge in [-0.25, -0.2) is 0 Å². The maximum Gasteiger partial charge on any atom is 0.123 e. The Hall–Kier alpha value is -2.22. The van der Waals surface area contributed by atoms with Crippen molar-refractivity contribution < 1.29 is 0 Å². The van der Waals surface area contributed by atoms with Crippen LogP contribution in [0.25, 0.3) is 0 Å². The van der Waals surface area contributed by atoms with Crippen LogP contribution in [0, 0.1) is 0 Å². The van der Waals surface area contributed by atoms with Gasteiger partial charge in [0.2, 0.25) is 0 Å². The normalized spacial score (nSPS) is 18.0. The summed E-state index contributed by atoms with van der Waals surface area (Å²) in [5, 5.41) is 0. The average molecular weight is 503 g/mol. The standard InChI is InChI=1S/C35H54N2/c1-4-7-9-10-11-12-13-14-22-28-37-30-29-36(27-21-8-5-2)35(37,31-32-23-17-15-18-24-32)34(6-3)33-25-19-16-20-26-33/h15-20,23-26,29-30,34H,4-14,21-22,27-28,31H2,1-3H3. The van der Waals surface area contributed by atoms with Crippen LogP contribution in [0.3, 0.4) is 0 Å². The first kappa shape index (κ1) is 29.3. The molecule has 0 aromatic heterocycles. The van der Waals surface area contributed by atoms with Gasteiger partial charge in [-0.15, -0.1) is 0 Å². The molecule has 1 aliphatic heterocycles. The molecule has 37 heavy (non-hydrogen) atoms.